The first kappa shape index (κ1) is 12.7. The number of nitrogens with one attached hydrogen (secondary N) is 1. The van der Waals surface area contributed by atoms with Gasteiger partial charge >= 0.3 is 6.18 Å². The lowest BCUT2D eigenvalue weighted by Crippen LogP contribution is -2.36. The Labute approximate surface area is 91.7 Å². The summed E-state index contributed by atoms with van der Waals surface area (Å²) < 4.78 is 36.1. The maximum absolute atomic E-state index is 12.0. The van der Waals surface area contributed by atoms with E-state index in [1.807, 2.05) is 0 Å². The molecule has 2 atom stereocenters. The Morgan fingerprint density at radius 1 is 1.60 bits per heavy atom. The molecule has 15 heavy (non-hydrogen) atoms. The number of alkyl halides is 3. The molecule has 0 bridgehead atoms. The molecule has 0 aromatic heterocycles. The molecule has 1 aliphatic heterocycles. The molecule has 1 rings (SSSR count). The van der Waals surface area contributed by atoms with Crippen molar-refractivity contribution < 1.29 is 13.2 Å². The molecule has 2 nitrogen and oxygen atoms in total. The Morgan fingerprint density at radius 2 is 2.27 bits per heavy atom. The average molecular weight is 240 g/mol. The quantitative estimate of drug-likeness (QED) is 0.802. The number of hydrogen-bond donors (Lipinski definition) is 1. The molecule has 0 aliphatic carbocycles. The first-order chi connectivity index (χ1) is 6.87. The molecule has 0 saturated carbocycles. The molecule has 1 aliphatic rings. The van der Waals surface area contributed by atoms with E-state index in [1.54, 1.807) is 0 Å². The van der Waals surface area contributed by atoms with E-state index in [1.165, 1.54) is 18.7 Å². The fraction of sp³-hybridized carbons (Fsp3) is 0.889. The summed E-state index contributed by atoms with van der Waals surface area (Å²) in [6.45, 7) is 4.30. The fourth-order valence-electron chi connectivity index (χ4n) is 1.25. The normalized spacial score (nSPS) is 24.6. The van der Waals surface area contributed by atoms with E-state index in [9.17, 15) is 13.2 Å². The van der Waals surface area contributed by atoms with Crippen LogP contribution in [0.2, 0.25) is 0 Å². The molecule has 0 aromatic rings. The number of nitrogens with zero attached hydrogens (tertiary/aromatic N) is 1. The van der Waals surface area contributed by atoms with E-state index in [2.05, 4.69) is 17.2 Å². The summed E-state index contributed by atoms with van der Waals surface area (Å²) in [4.78, 5) is 4.18. The van der Waals surface area contributed by atoms with E-state index < -0.39 is 18.6 Å². The molecule has 1 heterocycles. The second-order valence-electron chi connectivity index (χ2n) is 3.93. The highest BCUT2D eigenvalue weighted by atomic mass is 32.2. The second-order valence-corrected chi connectivity index (χ2v) is 4.94. The molecule has 6 heteroatoms. The third-order valence-corrected chi connectivity index (χ3v) is 3.21. The van der Waals surface area contributed by atoms with Crippen molar-refractivity contribution in [3.05, 3.63) is 0 Å². The van der Waals surface area contributed by atoms with Crippen LogP contribution in [0.3, 0.4) is 0 Å². The number of aliphatic imine (C=N–C) groups is 1. The number of rotatable bonds is 2. The van der Waals surface area contributed by atoms with Gasteiger partial charge in [-0.15, -0.1) is 0 Å². The lowest BCUT2D eigenvalue weighted by Gasteiger charge is -2.22. The van der Waals surface area contributed by atoms with Gasteiger partial charge in [0, 0.05) is 18.3 Å². The van der Waals surface area contributed by atoms with Crippen molar-refractivity contribution >= 4 is 16.9 Å². The lowest BCUT2D eigenvalue weighted by molar-refractivity contribution is -0.138. The Bertz CT molecular complexity index is 240. The number of halogens is 3. The highest BCUT2D eigenvalue weighted by molar-refractivity contribution is 8.13. The van der Waals surface area contributed by atoms with Gasteiger partial charge in [0.25, 0.3) is 0 Å². The molecule has 0 saturated heterocycles. The van der Waals surface area contributed by atoms with Gasteiger partial charge in [0.05, 0.1) is 6.42 Å². The van der Waals surface area contributed by atoms with Crippen LogP contribution >= 0.6 is 11.8 Å². The minimum Gasteiger partial charge on any atom is -0.362 e. The summed E-state index contributed by atoms with van der Waals surface area (Å²) >= 11 is 1.50. The minimum atomic E-state index is -4.11. The number of thioether (sulfide) groups is 1. The van der Waals surface area contributed by atoms with Gasteiger partial charge < -0.3 is 5.32 Å². The van der Waals surface area contributed by atoms with Crippen molar-refractivity contribution in [3.63, 3.8) is 0 Å². The molecule has 0 spiro atoms. The van der Waals surface area contributed by atoms with Crippen LogP contribution in [-0.2, 0) is 0 Å². The van der Waals surface area contributed by atoms with Crippen molar-refractivity contribution in [2.75, 3.05) is 12.3 Å². The van der Waals surface area contributed by atoms with Gasteiger partial charge in [0.1, 0.15) is 0 Å². The highest BCUT2D eigenvalue weighted by Crippen LogP contribution is 2.22. The summed E-state index contributed by atoms with van der Waals surface area (Å²) in [5.74, 6) is 1.43. The maximum atomic E-state index is 12.0. The van der Waals surface area contributed by atoms with Crippen LogP contribution in [0.25, 0.3) is 0 Å². The Kier molecular flexibility index (Phi) is 4.31. The summed E-state index contributed by atoms with van der Waals surface area (Å²) in [5.41, 5.74) is 0. The smallest absolute Gasteiger partial charge is 0.362 e. The predicted octanol–water partition coefficient (Wildman–Crippen LogP) is 2.66. The zero-order valence-electron chi connectivity index (χ0n) is 8.77. The van der Waals surface area contributed by atoms with Crippen LogP contribution in [-0.4, -0.2) is 29.7 Å². The van der Waals surface area contributed by atoms with Crippen LogP contribution in [0.5, 0.6) is 0 Å². The average Bonchev–Trinajstić information content (AvgIpc) is 2.05. The minimum absolute atomic E-state index is 0.512. The summed E-state index contributed by atoms with van der Waals surface area (Å²) in [5, 5.41) is 3.43. The summed E-state index contributed by atoms with van der Waals surface area (Å²) in [6.07, 6.45) is -4.93. The summed E-state index contributed by atoms with van der Waals surface area (Å²) in [6, 6.07) is -0.607. The fourth-order valence-corrected chi connectivity index (χ4v) is 2.25. The van der Waals surface area contributed by atoms with E-state index >= 15 is 0 Å². The van der Waals surface area contributed by atoms with Gasteiger partial charge in [-0.3, -0.25) is 4.99 Å². The van der Waals surface area contributed by atoms with Crippen molar-refractivity contribution in [2.45, 2.75) is 32.5 Å². The van der Waals surface area contributed by atoms with Gasteiger partial charge in [-0.05, 0) is 12.8 Å². The third-order valence-electron chi connectivity index (χ3n) is 1.96. The Balaban J connectivity index is 2.35. The zero-order valence-corrected chi connectivity index (χ0v) is 9.58. The van der Waals surface area contributed by atoms with Crippen LogP contribution in [0, 0.1) is 5.92 Å². The molecular formula is C9H15F3N2S. The number of amidine groups is 1. The van der Waals surface area contributed by atoms with Crippen molar-refractivity contribution in [1.29, 1.82) is 0 Å². The van der Waals surface area contributed by atoms with E-state index in [-0.39, 0.29) is 0 Å². The summed E-state index contributed by atoms with van der Waals surface area (Å²) in [7, 11) is 0. The molecule has 2 unspecified atom stereocenters. The van der Waals surface area contributed by atoms with Crippen LogP contribution in [0.4, 0.5) is 13.2 Å². The number of hydrogen-bond acceptors (Lipinski definition) is 3. The standard InChI is InChI=1S/C9H15F3N2S/c1-6-4-13-8(15-5-6)14-7(2)3-9(10,11)12/h6-7H,3-5H2,1-2H3,(H,13,14). The van der Waals surface area contributed by atoms with E-state index in [0.717, 1.165) is 5.75 Å². The Hall–Kier alpha value is -0.390. The van der Waals surface area contributed by atoms with Gasteiger partial charge in [0.15, 0.2) is 5.17 Å². The highest BCUT2D eigenvalue weighted by Gasteiger charge is 2.30. The molecule has 0 radical (unpaired) electrons. The predicted molar refractivity (Wildman–Crippen MR) is 57.2 cm³/mol. The SMILES string of the molecule is CC1CN=C(NC(C)CC(F)(F)F)SC1. The second kappa shape index (κ2) is 5.09. The monoisotopic (exact) mass is 240 g/mol. The molecule has 0 fully saturated rings. The van der Waals surface area contributed by atoms with Crippen molar-refractivity contribution in [2.24, 2.45) is 10.9 Å². The third kappa shape index (κ3) is 5.30. The topological polar surface area (TPSA) is 24.4 Å². The van der Waals surface area contributed by atoms with Crippen LogP contribution in [0.1, 0.15) is 20.3 Å². The maximum Gasteiger partial charge on any atom is 0.391 e. The van der Waals surface area contributed by atoms with Crippen LogP contribution < -0.4 is 5.32 Å². The lowest BCUT2D eigenvalue weighted by atomic mass is 10.2. The molecule has 1 N–H and O–H groups in total. The first-order valence-electron chi connectivity index (χ1n) is 4.87. The molecule has 0 aromatic carbocycles. The van der Waals surface area contributed by atoms with Gasteiger partial charge in [0.2, 0.25) is 0 Å². The zero-order chi connectivity index (χ0) is 11.5. The largest absolute Gasteiger partial charge is 0.391 e. The van der Waals surface area contributed by atoms with E-state index in [0.29, 0.717) is 17.6 Å². The van der Waals surface area contributed by atoms with Gasteiger partial charge in [-0.2, -0.15) is 13.2 Å². The molecule has 88 valence electrons. The van der Waals surface area contributed by atoms with Crippen molar-refractivity contribution in [1.82, 2.24) is 5.32 Å². The van der Waals surface area contributed by atoms with Gasteiger partial charge in [-0.25, -0.2) is 0 Å². The van der Waals surface area contributed by atoms with Gasteiger partial charge in [-0.1, -0.05) is 18.7 Å². The molecule has 0 amide bonds. The van der Waals surface area contributed by atoms with Crippen molar-refractivity contribution in [3.8, 4) is 0 Å². The Morgan fingerprint density at radius 3 is 2.73 bits per heavy atom. The molecular weight excluding hydrogens is 225 g/mol. The van der Waals surface area contributed by atoms with E-state index in [4.69, 9.17) is 0 Å². The first-order valence-corrected chi connectivity index (χ1v) is 5.86. The van der Waals surface area contributed by atoms with Crippen LogP contribution in [0.15, 0.2) is 4.99 Å².